The summed E-state index contributed by atoms with van der Waals surface area (Å²) in [5.41, 5.74) is -1.43. The molecule has 0 aliphatic carbocycles. The van der Waals surface area contributed by atoms with Gasteiger partial charge in [0.2, 0.25) is 0 Å². The van der Waals surface area contributed by atoms with Crippen molar-refractivity contribution < 1.29 is 26.7 Å². The van der Waals surface area contributed by atoms with Gasteiger partial charge in [-0.15, -0.1) is 0 Å². The van der Waals surface area contributed by atoms with Crippen molar-refractivity contribution in [3.05, 3.63) is 59.2 Å². The number of carbonyl (C=O) groups is 1. The van der Waals surface area contributed by atoms with Gasteiger partial charge in [0.25, 0.3) is 10.0 Å². The minimum absolute atomic E-state index is 0.152. The van der Waals surface area contributed by atoms with Crippen LogP contribution in [0, 0.1) is 23.0 Å². The number of esters is 1. The van der Waals surface area contributed by atoms with E-state index in [1.54, 1.807) is 6.07 Å². The summed E-state index contributed by atoms with van der Waals surface area (Å²) in [7, 11) is -3.33. The van der Waals surface area contributed by atoms with Gasteiger partial charge in [-0.3, -0.25) is 4.72 Å². The predicted molar refractivity (Wildman–Crippen MR) is 79.7 cm³/mol. The van der Waals surface area contributed by atoms with E-state index in [1.165, 1.54) is 18.2 Å². The highest BCUT2D eigenvalue weighted by Crippen LogP contribution is 2.24. The maximum Gasteiger partial charge on any atom is 0.340 e. The second-order valence-electron chi connectivity index (χ2n) is 4.52. The first-order chi connectivity index (χ1) is 11.3. The molecular weight excluding hydrogens is 342 g/mol. The Hall–Kier alpha value is -2.99. The average Bonchev–Trinajstić information content (AvgIpc) is 2.56. The Kier molecular flexibility index (Phi) is 4.80. The molecule has 0 fully saturated rings. The van der Waals surface area contributed by atoms with Gasteiger partial charge in [-0.05, 0) is 18.2 Å². The largest absolute Gasteiger partial charge is 0.465 e. The van der Waals surface area contributed by atoms with Crippen molar-refractivity contribution in [1.29, 1.82) is 5.26 Å². The number of halogens is 2. The summed E-state index contributed by atoms with van der Waals surface area (Å²) in [5.74, 6) is -3.51. The Morgan fingerprint density at radius 3 is 2.50 bits per heavy atom. The molecule has 0 radical (unpaired) electrons. The van der Waals surface area contributed by atoms with Gasteiger partial charge in [-0.25, -0.2) is 22.0 Å². The fraction of sp³-hybridized carbons (Fsp3) is 0.0667. The summed E-state index contributed by atoms with van der Waals surface area (Å²) in [4.78, 5) is 11.1. The molecule has 24 heavy (non-hydrogen) atoms. The van der Waals surface area contributed by atoms with Gasteiger partial charge in [0.1, 0.15) is 22.6 Å². The van der Waals surface area contributed by atoms with Crippen molar-refractivity contribution in [3.63, 3.8) is 0 Å². The van der Waals surface area contributed by atoms with E-state index in [1.807, 2.05) is 4.72 Å². The second-order valence-corrected chi connectivity index (χ2v) is 6.17. The molecule has 0 bridgehead atoms. The number of hydrogen-bond donors (Lipinski definition) is 1. The van der Waals surface area contributed by atoms with Crippen molar-refractivity contribution in [2.24, 2.45) is 0 Å². The maximum absolute atomic E-state index is 13.8. The summed E-state index contributed by atoms with van der Waals surface area (Å²) in [6.07, 6.45) is 0. The van der Waals surface area contributed by atoms with Gasteiger partial charge >= 0.3 is 5.97 Å². The van der Waals surface area contributed by atoms with Crippen LogP contribution < -0.4 is 4.72 Å². The molecule has 6 nitrogen and oxygen atoms in total. The fourth-order valence-electron chi connectivity index (χ4n) is 1.89. The molecule has 0 unspecified atom stereocenters. The molecule has 2 aromatic carbocycles. The summed E-state index contributed by atoms with van der Waals surface area (Å²) in [6.45, 7) is 0. The van der Waals surface area contributed by atoms with Crippen LogP contribution in [0.3, 0.4) is 0 Å². The third-order valence-corrected chi connectivity index (χ3v) is 4.43. The van der Waals surface area contributed by atoms with Crippen LogP contribution in [0.2, 0.25) is 0 Å². The number of ether oxygens (including phenoxy) is 1. The molecule has 0 atom stereocenters. The maximum atomic E-state index is 13.8. The summed E-state index contributed by atoms with van der Waals surface area (Å²) in [5, 5.41) is 8.96. The zero-order valence-electron chi connectivity index (χ0n) is 12.2. The van der Waals surface area contributed by atoms with Gasteiger partial charge in [0.15, 0.2) is 0 Å². The summed E-state index contributed by atoms with van der Waals surface area (Å²) < 4.78 is 58.3. The Balaban J connectivity index is 2.51. The number of methoxy groups -OCH3 is 1. The number of sulfonamides is 1. The van der Waals surface area contributed by atoms with Gasteiger partial charge in [0.05, 0.1) is 23.9 Å². The third-order valence-electron chi connectivity index (χ3n) is 3.00. The molecule has 2 aromatic rings. The van der Waals surface area contributed by atoms with Crippen LogP contribution >= 0.6 is 0 Å². The lowest BCUT2D eigenvalue weighted by molar-refractivity contribution is 0.0595. The highest BCUT2D eigenvalue weighted by molar-refractivity contribution is 7.92. The fourth-order valence-corrected chi connectivity index (χ4v) is 3.10. The molecule has 0 saturated carbocycles. The Morgan fingerprint density at radius 1 is 1.21 bits per heavy atom. The van der Waals surface area contributed by atoms with E-state index in [0.29, 0.717) is 12.1 Å². The predicted octanol–water partition coefficient (Wildman–Crippen LogP) is 2.42. The first-order valence-corrected chi connectivity index (χ1v) is 7.87. The van der Waals surface area contributed by atoms with E-state index in [-0.39, 0.29) is 10.5 Å². The normalized spacial score (nSPS) is 10.8. The van der Waals surface area contributed by atoms with Crippen molar-refractivity contribution >= 4 is 21.7 Å². The molecule has 0 saturated heterocycles. The van der Waals surface area contributed by atoms with Gasteiger partial charge in [0, 0.05) is 6.07 Å². The minimum atomic E-state index is -4.33. The van der Waals surface area contributed by atoms with E-state index < -0.39 is 38.9 Å². The number of nitriles is 1. The average molecular weight is 352 g/mol. The van der Waals surface area contributed by atoms with Crippen LogP contribution in [0.15, 0.2) is 41.3 Å². The van der Waals surface area contributed by atoms with E-state index in [0.717, 1.165) is 13.2 Å². The first-order valence-electron chi connectivity index (χ1n) is 6.39. The molecule has 0 spiro atoms. The van der Waals surface area contributed by atoms with Gasteiger partial charge in [-0.2, -0.15) is 5.26 Å². The molecule has 9 heteroatoms. The number of benzene rings is 2. The number of anilines is 1. The van der Waals surface area contributed by atoms with Crippen molar-refractivity contribution in [2.75, 3.05) is 11.8 Å². The van der Waals surface area contributed by atoms with Crippen LogP contribution in [0.4, 0.5) is 14.5 Å². The lowest BCUT2D eigenvalue weighted by atomic mass is 10.2. The van der Waals surface area contributed by atoms with Crippen molar-refractivity contribution in [1.82, 2.24) is 0 Å². The van der Waals surface area contributed by atoms with Crippen LogP contribution in [-0.2, 0) is 14.8 Å². The highest BCUT2D eigenvalue weighted by Gasteiger charge is 2.23. The molecule has 0 heterocycles. The van der Waals surface area contributed by atoms with Crippen LogP contribution in [0.1, 0.15) is 15.9 Å². The third kappa shape index (κ3) is 3.33. The van der Waals surface area contributed by atoms with E-state index in [9.17, 15) is 22.0 Å². The molecule has 124 valence electrons. The number of nitrogens with zero attached hydrogens (tertiary/aromatic N) is 1. The Morgan fingerprint density at radius 2 is 1.88 bits per heavy atom. The monoisotopic (exact) mass is 352 g/mol. The van der Waals surface area contributed by atoms with Crippen LogP contribution in [-0.4, -0.2) is 21.5 Å². The van der Waals surface area contributed by atoms with E-state index in [2.05, 4.69) is 4.74 Å². The standard InChI is InChI=1S/C15H10F2N2O4S/c1-23-15(20)10-6-13(12(17)7-11(10)16)19-24(21,22)14-5-3-2-4-9(14)8-18/h2-7,19H,1H3. The quantitative estimate of drug-likeness (QED) is 0.853. The van der Waals surface area contributed by atoms with Gasteiger partial charge in [-0.1, -0.05) is 12.1 Å². The lowest BCUT2D eigenvalue weighted by Crippen LogP contribution is -2.16. The molecule has 2 rings (SSSR count). The molecule has 0 aromatic heterocycles. The second kappa shape index (κ2) is 6.64. The number of hydrogen-bond acceptors (Lipinski definition) is 5. The summed E-state index contributed by atoms with van der Waals surface area (Å²) in [6, 6.07) is 8.03. The molecule has 1 N–H and O–H groups in total. The van der Waals surface area contributed by atoms with Crippen LogP contribution in [0.25, 0.3) is 0 Å². The van der Waals surface area contributed by atoms with Crippen LogP contribution in [0.5, 0.6) is 0 Å². The number of nitrogens with one attached hydrogen (secondary N) is 1. The SMILES string of the molecule is COC(=O)c1cc(NS(=O)(=O)c2ccccc2C#N)c(F)cc1F. The zero-order chi connectivity index (χ0) is 17.9. The molecule has 0 aliphatic rings. The lowest BCUT2D eigenvalue weighted by Gasteiger charge is -2.11. The molecule has 0 amide bonds. The Labute approximate surface area is 136 Å². The highest BCUT2D eigenvalue weighted by atomic mass is 32.2. The smallest absolute Gasteiger partial charge is 0.340 e. The van der Waals surface area contributed by atoms with Crippen molar-refractivity contribution in [3.8, 4) is 6.07 Å². The van der Waals surface area contributed by atoms with E-state index in [4.69, 9.17) is 5.26 Å². The van der Waals surface area contributed by atoms with Gasteiger partial charge < -0.3 is 4.74 Å². The summed E-state index contributed by atoms with van der Waals surface area (Å²) >= 11 is 0. The zero-order valence-corrected chi connectivity index (χ0v) is 13.0. The topological polar surface area (TPSA) is 96.3 Å². The van der Waals surface area contributed by atoms with Crippen molar-refractivity contribution in [2.45, 2.75) is 4.90 Å². The first kappa shape index (κ1) is 17.4. The Bertz CT molecular complexity index is 952. The minimum Gasteiger partial charge on any atom is -0.465 e. The molecular formula is C15H10F2N2O4S. The molecule has 0 aliphatic heterocycles. The number of carbonyl (C=O) groups excluding carboxylic acids is 1. The number of rotatable bonds is 4. The van der Waals surface area contributed by atoms with E-state index >= 15 is 0 Å².